The van der Waals surface area contributed by atoms with Crippen LogP contribution in [0.3, 0.4) is 0 Å². The van der Waals surface area contributed by atoms with Gasteiger partial charge in [0, 0.05) is 17.3 Å². The summed E-state index contributed by atoms with van der Waals surface area (Å²) in [7, 11) is 1.79. The largest absolute Gasteiger partial charge is 0.399 e. The molecule has 0 fully saturated rings. The van der Waals surface area contributed by atoms with Gasteiger partial charge in [0.1, 0.15) is 5.82 Å². The van der Waals surface area contributed by atoms with Crippen LogP contribution in [0.1, 0.15) is 18.5 Å². The van der Waals surface area contributed by atoms with Crippen LogP contribution < -0.4 is 11.1 Å². The van der Waals surface area contributed by atoms with Crippen molar-refractivity contribution in [1.82, 2.24) is 5.32 Å². The quantitative estimate of drug-likeness (QED) is 0.659. The van der Waals surface area contributed by atoms with E-state index in [-0.39, 0.29) is 11.9 Å². The lowest BCUT2D eigenvalue weighted by molar-refractivity contribution is 0.562. The Labute approximate surface area is 71.6 Å². The maximum absolute atomic E-state index is 13.2. The minimum Gasteiger partial charge on any atom is -0.399 e. The molecular formula is C9H13FN2. The minimum atomic E-state index is -0.253. The molecular weight excluding hydrogens is 155 g/mol. The van der Waals surface area contributed by atoms with Gasteiger partial charge >= 0.3 is 0 Å². The highest BCUT2D eigenvalue weighted by atomic mass is 19.1. The Morgan fingerprint density at radius 1 is 1.50 bits per heavy atom. The first-order chi connectivity index (χ1) is 5.65. The smallest absolute Gasteiger partial charge is 0.130 e. The first kappa shape index (κ1) is 9.00. The summed E-state index contributed by atoms with van der Waals surface area (Å²) in [6.07, 6.45) is 0. The summed E-state index contributed by atoms with van der Waals surface area (Å²) < 4.78 is 13.2. The van der Waals surface area contributed by atoms with Crippen LogP contribution in [0.4, 0.5) is 10.1 Å². The number of nitrogens with two attached hydrogens (primary N) is 1. The maximum atomic E-state index is 13.2. The first-order valence-corrected chi connectivity index (χ1v) is 3.87. The molecule has 0 radical (unpaired) electrons. The Hall–Kier alpha value is -1.09. The molecule has 3 heteroatoms. The zero-order valence-electron chi connectivity index (χ0n) is 7.26. The number of anilines is 1. The highest BCUT2D eigenvalue weighted by Crippen LogP contribution is 2.18. The number of hydrogen-bond donors (Lipinski definition) is 2. The Bertz CT molecular complexity index is 273. The Balaban J connectivity index is 3.01. The van der Waals surface area contributed by atoms with E-state index in [0.717, 1.165) is 0 Å². The van der Waals surface area contributed by atoms with Crippen molar-refractivity contribution >= 4 is 5.69 Å². The minimum absolute atomic E-state index is 0.0191. The van der Waals surface area contributed by atoms with E-state index in [9.17, 15) is 4.39 Å². The lowest BCUT2D eigenvalue weighted by Gasteiger charge is -2.11. The molecule has 66 valence electrons. The summed E-state index contributed by atoms with van der Waals surface area (Å²) >= 11 is 0. The SMILES string of the molecule is CNC(C)c1ccc(N)cc1F. The number of nitrogens with one attached hydrogen (secondary N) is 1. The van der Waals surface area contributed by atoms with E-state index in [1.54, 1.807) is 19.2 Å². The van der Waals surface area contributed by atoms with E-state index in [2.05, 4.69) is 5.32 Å². The molecule has 0 aliphatic rings. The van der Waals surface area contributed by atoms with Gasteiger partial charge in [-0.15, -0.1) is 0 Å². The summed E-state index contributed by atoms with van der Waals surface area (Å²) in [6, 6.07) is 4.76. The first-order valence-electron chi connectivity index (χ1n) is 3.87. The average Bonchev–Trinajstić information content (AvgIpc) is 2.03. The normalized spacial score (nSPS) is 12.9. The van der Waals surface area contributed by atoms with Crippen molar-refractivity contribution < 1.29 is 4.39 Å². The number of nitrogen functional groups attached to an aromatic ring is 1. The topological polar surface area (TPSA) is 38.0 Å². The zero-order valence-corrected chi connectivity index (χ0v) is 7.26. The van der Waals surface area contributed by atoms with Gasteiger partial charge in [-0.05, 0) is 26.1 Å². The molecule has 1 unspecified atom stereocenters. The predicted molar refractivity (Wildman–Crippen MR) is 48.3 cm³/mol. The second-order valence-corrected chi connectivity index (χ2v) is 2.79. The fourth-order valence-corrected chi connectivity index (χ4v) is 1.05. The third-order valence-electron chi connectivity index (χ3n) is 1.92. The summed E-state index contributed by atoms with van der Waals surface area (Å²) in [5.41, 5.74) is 6.51. The fraction of sp³-hybridized carbons (Fsp3) is 0.333. The monoisotopic (exact) mass is 168 g/mol. The predicted octanol–water partition coefficient (Wildman–Crippen LogP) is 1.69. The van der Waals surface area contributed by atoms with E-state index in [0.29, 0.717) is 11.3 Å². The molecule has 0 saturated carbocycles. The molecule has 1 aromatic rings. The van der Waals surface area contributed by atoms with Gasteiger partial charge in [-0.3, -0.25) is 0 Å². The number of rotatable bonds is 2. The van der Waals surface area contributed by atoms with Gasteiger partial charge in [0.05, 0.1) is 0 Å². The summed E-state index contributed by atoms with van der Waals surface area (Å²) in [5, 5.41) is 2.96. The summed E-state index contributed by atoms with van der Waals surface area (Å²) in [4.78, 5) is 0. The third-order valence-corrected chi connectivity index (χ3v) is 1.92. The van der Waals surface area contributed by atoms with Crippen LogP contribution in [-0.4, -0.2) is 7.05 Å². The molecule has 0 aliphatic carbocycles. The second kappa shape index (κ2) is 3.54. The molecule has 0 amide bonds. The van der Waals surface area contributed by atoms with Gasteiger partial charge in [0.15, 0.2) is 0 Å². The van der Waals surface area contributed by atoms with Crippen LogP contribution in [0.15, 0.2) is 18.2 Å². The van der Waals surface area contributed by atoms with Crippen LogP contribution >= 0.6 is 0 Å². The van der Waals surface area contributed by atoms with Crippen molar-refractivity contribution in [1.29, 1.82) is 0 Å². The molecule has 2 nitrogen and oxygen atoms in total. The molecule has 1 rings (SSSR count). The number of hydrogen-bond acceptors (Lipinski definition) is 2. The zero-order chi connectivity index (χ0) is 9.14. The standard InChI is InChI=1S/C9H13FN2/c1-6(12-2)8-4-3-7(11)5-9(8)10/h3-6,12H,11H2,1-2H3. The van der Waals surface area contributed by atoms with Crippen molar-refractivity contribution in [3.8, 4) is 0 Å². The average molecular weight is 168 g/mol. The molecule has 12 heavy (non-hydrogen) atoms. The highest BCUT2D eigenvalue weighted by molar-refractivity contribution is 5.41. The van der Waals surface area contributed by atoms with Crippen molar-refractivity contribution in [3.05, 3.63) is 29.6 Å². The van der Waals surface area contributed by atoms with Crippen LogP contribution in [0.5, 0.6) is 0 Å². The van der Waals surface area contributed by atoms with Gasteiger partial charge in [-0.2, -0.15) is 0 Å². The molecule has 0 aromatic heterocycles. The lowest BCUT2D eigenvalue weighted by Crippen LogP contribution is -2.13. The van der Waals surface area contributed by atoms with E-state index in [4.69, 9.17) is 5.73 Å². The van der Waals surface area contributed by atoms with Crippen LogP contribution in [0.2, 0.25) is 0 Å². The lowest BCUT2D eigenvalue weighted by atomic mass is 10.1. The summed E-state index contributed by atoms with van der Waals surface area (Å²) in [5.74, 6) is -0.253. The molecule has 1 aromatic carbocycles. The van der Waals surface area contributed by atoms with E-state index >= 15 is 0 Å². The van der Waals surface area contributed by atoms with E-state index in [1.807, 2.05) is 6.92 Å². The van der Waals surface area contributed by atoms with Gasteiger partial charge < -0.3 is 11.1 Å². The molecule has 1 atom stereocenters. The van der Waals surface area contributed by atoms with Crippen LogP contribution in [0, 0.1) is 5.82 Å². The van der Waals surface area contributed by atoms with Crippen molar-refractivity contribution in [2.45, 2.75) is 13.0 Å². The molecule has 3 N–H and O–H groups in total. The number of halogens is 1. The van der Waals surface area contributed by atoms with Gasteiger partial charge in [-0.1, -0.05) is 6.07 Å². The van der Waals surface area contributed by atoms with Gasteiger partial charge in [0.2, 0.25) is 0 Å². The number of benzene rings is 1. The molecule has 0 spiro atoms. The van der Waals surface area contributed by atoms with Crippen LogP contribution in [-0.2, 0) is 0 Å². The molecule has 0 aliphatic heterocycles. The van der Waals surface area contributed by atoms with E-state index in [1.165, 1.54) is 6.07 Å². The highest BCUT2D eigenvalue weighted by Gasteiger charge is 2.07. The Kier molecular flexibility index (Phi) is 2.65. The van der Waals surface area contributed by atoms with Crippen molar-refractivity contribution in [2.75, 3.05) is 12.8 Å². The van der Waals surface area contributed by atoms with Gasteiger partial charge in [0.25, 0.3) is 0 Å². The van der Waals surface area contributed by atoms with Crippen molar-refractivity contribution in [3.63, 3.8) is 0 Å². The Morgan fingerprint density at radius 3 is 2.67 bits per heavy atom. The maximum Gasteiger partial charge on any atom is 0.130 e. The fourth-order valence-electron chi connectivity index (χ4n) is 1.05. The Morgan fingerprint density at radius 2 is 2.17 bits per heavy atom. The molecule has 0 bridgehead atoms. The third kappa shape index (κ3) is 1.74. The molecule has 0 saturated heterocycles. The van der Waals surface area contributed by atoms with E-state index < -0.39 is 0 Å². The van der Waals surface area contributed by atoms with Crippen LogP contribution in [0.25, 0.3) is 0 Å². The van der Waals surface area contributed by atoms with Gasteiger partial charge in [-0.25, -0.2) is 4.39 Å². The summed E-state index contributed by atoms with van der Waals surface area (Å²) in [6.45, 7) is 1.90. The second-order valence-electron chi connectivity index (χ2n) is 2.79. The molecule has 0 heterocycles. The van der Waals surface area contributed by atoms with Crippen molar-refractivity contribution in [2.24, 2.45) is 0 Å².